The van der Waals surface area contributed by atoms with E-state index in [1.807, 2.05) is 12.1 Å². The number of benzene rings is 2. The third-order valence-electron chi connectivity index (χ3n) is 7.20. The molecule has 2 aromatic carbocycles. The number of ether oxygens (including phenoxy) is 1. The lowest BCUT2D eigenvalue weighted by Crippen LogP contribution is -2.15. The van der Waals surface area contributed by atoms with Crippen LogP contribution in [0.4, 0.5) is 0 Å². The Morgan fingerprint density at radius 2 is 1.21 bits per heavy atom. The third kappa shape index (κ3) is 9.67. The maximum Gasteiger partial charge on any atom is 0.119 e. The average Bonchev–Trinajstić information content (AvgIpc) is 2.86. The molecule has 0 aliphatic heterocycles. The third-order valence-corrected chi connectivity index (χ3v) is 7.20. The molecule has 0 heterocycles. The molecule has 33 heavy (non-hydrogen) atoms. The standard InChI is InChI=1S/C32H44O/c1-3-5-7-9-27-10-12-28(13-11-27)14-15-29-16-18-30(19-17-29)20-21-31-22-24-32(25-23-31)33-26-8-6-4-2/h16-19,22-25,27-28H,3-15,26H2,1-2H3. The van der Waals surface area contributed by atoms with Gasteiger partial charge >= 0.3 is 0 Å². The van der Waals surface area contributed by atoms with Crippen LogP contribution in [0.15, 0.2) is 48.5 Å². The molecule has 0 aromatic heterocycles. The molecule has 1 aliphatic carbocycles. The van der Waals surface area contributed by atoms with E-state index in [0.717, 1.165) is 41.7 Å². The Hall–Kier alpha value is -2.20. The molecule has 0 atom stereocenters. The fourth-order valence-electron chi connectivity index (χ4n) is 4.94. The lowest BCUT2D eigenvalue weighted by molar-refractivity contribution is 0.249. The zero-order valence-electron chi connectivity index (χ0n) is 21.1. The van der Waals surface area contributed by atoms with E-state index in [1.165, 1.54) is 82.6 Å². The minimum atomic E-state index is 0.797. The first-order valence-electron chi connectivity index (χ1n) is 13.6. The summed E-state index contributed by atoms with van der Waals surface area (Å²) in [6, 6.07) is 17.1. The van der Waals surface area contributed by atoms with Crippen LogP contribution in [0.3, 0.4) is 0 Å². The summed E-state index contributed by atoms with van der Waals surface area (Å²) in [7, 11) is 0. The summed E-state index contributed by atoms with van der Waals surface area (Å²) >= 11 is 0. The fraction of sp³-hybridized carbons (Fsp3) is 0.562. The number of hydrogen-bond acceptors (Lipinski definition) is 1. The molecule has 0 spiro atoms. The van der Waals surface area contributed by atoms with Crippen LogP contribution in [-0.2, 0) is 6.42 Å². The van der Waals surface area contributed by atoms with E-state index in [9.17, 15) is 0 Å². The Morgan fingerprint density at radius 1 is 0.667 bits per heavy atom. The second-order valence-corrected chi connectivity index (χ2v) is 9.95. The first-order chi connectivity index (χ1) is 16.3. The van der Waals surface area contributed by atoms with E-state index in [-0.39, 0.29) is 0 Å². The molecule has 0 N–H and O–H groups in total. The van der Waals surface area contributed by atoms with Crippen molar-refractivity contribution in [2.24, 2.45) is 11.8 Å². The second-order valence-electron chi connectivity index (χ2n) is 9.95. The van der Waals surface area contributed by atoms with Gasteiger partial charge in [-0.25, -0.2) is 0 Å². The van der Waals surface area contributed by atoms with Gasteiger partial charge in [0.2, 0.25) is 0 Å². The maximum atomic E-state index is 5.78. The maximum absolute atomic E-state index is 5.78. The van der Waals surface area contributed by atoms with Crippen LogP contribution in [0, 0.1) is 23.7 Å². The van der Waals surface area contributed by atoms with Crippen molar-refractivity contribution >= 4 is 0 Å². The Kier molecular flexibility index (Phi) is 11.4. The van der Waals surface area contributed by atoms with Crippen molar-refractivity contribution in [1.29, 1.82) is 0 Å². The number of hydrogen-bond donors (Lipinski definition) is 0. The molecule has 0 unspecified atom stereocenters. The van der Waals surface area contributed by atoms with Crippen LogP contribution >= 0.6 is 0 Å². The van der Waals surface area contributed by atoms with Gasteiger partial charge in [0.05, 0.1) is 6.61 Å². The highest BCUT2D eigenvalue weighted by Gasteiger charge is 2.20. The average molecular weight is 445 g/mol. The molecule has 1 saturated carbocycles. The molecular formula is C32H44O. The van der Waals surface area contributed by atoms with E-state index in [0.29, 0.717) is 0 Å². The van der Waals surface area contributed by atoms with Gasteiger partial charge in [0, 0.05) is 11.1 Å². The van der Waals surface area contributed by atoms with Crippen LogP contribution in [0.25, 0.3) is 0 Å². The highest BCUT2D eigenvalue weighted by atomic mass is 16.5. The fourth-order valence-corrected chi connectivity index (χ4v) is 4.94. The number of unbranched alkanes of at least 4 members (excludes halogenated alkanes) is 4. The molecule has 0 bridgehead atoms. The topological polar surface area (TPSA) is 9.23 Å². The van der Waals surface area contributed by atoms with Gasteiger partial charge in [-0.3, -0.25) is 0 Å². The van der Waals surface area contributed by atoms with Crippen molar-refractivity contribution in [3.63, 3.8) is 0 Å². The highest BCUT2D eigenvalue weighted by Crippen LogP contribution is 2.34. The van der Waals surface area contributed by atoms with Gasteiger partial charge in [0.1, 0.15) is 5.75 Å². The SMILES string of the molecule is CCCCCOc1ccc(C#Cc2ccc(CCC3CCC(CCCCC)CC3)cc2)cc1. The predicted molar refractivity (Wildman–Crippen MR) is 142 cm³/mol. The Bertz CT molecular complexity index is 829. The van der Waals surface area contributed by atoms with Crippen molar-refractivity contribution < 1.29 is 4.74 Å². The van der Waals surface area contributed by atoms with Crippen molar-refractivity contribution in [1.82, 2.24) is 0 Å². The van der Waals surface area contributed by atoms with Gasteiger partial charge in [-0.15, -0.1) is 0 Å². The summed E-state index contributed by atoms with van der Waals surface area (Å²) in [4.78, 5) is 0. The van der Waals surface area contributed by atoms with Crippen molar-refractivity contribution in [2.75, 3.05) is 6.61 Å². The van der Waals surface area contributed by atoms with Crippen LogP contribution < -0.4 is 4.74 Å². The van der Waals surface area contributed by atoms with Gasteiger partial charge in [0.15, 0.2) is 0 Å². The van der Waals surface area contributed by atoms with E-state index in [2.05, 4.69) is 62.1 Å². The summed E-state index contributed by atoms with van der Waals surface area (Å²) in [5.41, 5.74) is 3.58. The molecule has 0 radical (unpaired) electrons. The van der Waals surface area contributed by atoms with Crippen molar-refractivity contribution in [2.45, 2.75) is 97.3 Å². The van der Waals surface area contributed by atoms with Gasteiger partial charge in [0.25, 0.3) is 0 Å². The first-order valence-corrected chi connectivity index (χ1v) is 13.6. The summed E-state index contributed by atoms with van der Waals surface area (Å²) in [5.74, 6) is 9.48. The Labute approximate surface area is 203 Å². The summed E-state index contributed by atoms with van der Waals surface area (Å²) < 4.78 is 5.78. The quantitative estimate of drug-likeness (QED) is 0.234. The molecule has 178 valence electrons. The zero-order valence-corrected chi connectivity index (χ0v) is 21.1. The normalized spacial score (nSPS) is 17.9. The highest BCUT2D eigenvalue weighted by molar-refractivity contribution is 5.44. The van der Waals surface area contributed by atoms with Gasteiger partial charge in [-0.05, 0) is 73.1 Å². The second kappa shape index (κ2) is 14.8. The Morgan fingerprint density at radius 3 is 1.82 bits per heavy atom. The predicted octanol–water partition coefficient (Wildman–Crippen LogP) is 8.97. The van der Waals surface area contributed by atoms with Crippen LogP contribution in [0.2, 0.25) is 0 Å². The van der Waals surface area contributed by atoms with Crippen LogP contribution in [0.5, 0.6) is 5.75 Å². The van der Waals surface area contributed by atoms with Crippen LogP contribution in [0.1, 0.15) is 108 Å². The van der Waals surface area contributed by atoms with Crippen LogP contribution in [-0.4, -0.2) is 6.61 Å². The van der Waals surface area contributed by atoms with Gasteiger partial charge in [-0.1, -0.05) is 102 Å². The molecule has 2 aromatic rings. The summed E-state index contributed by atoms with van der Waals surface area (Å²) in [6.07, 6.45) is 17.6. The van der Waals surface area contributed by atoms with E-state index < -0.39 is 0 Å². The Balaban J connectivity index is 1.38. The molecule has 1 heteroatoms. The molecule has 0 saturated heterocycles. The van der Waals surface area contributed by atoms with E-state index in [4.69, 9.17) is 4.74 Å². The minimum absolute atomic E-state index is 0.797. The van der Waals surface area contributed by atoms with E-state index >= 15 is 0 Å². The number of rotatable bonds is 12. The summed E-state index contributed by atoms with van der Waals surface area (Å²) in [5, 5.41) is 0. The van der Waals surface area contributed by atoms with Gasteiger partial charge in [-0.2, -0.15) is 0 Å². The molecule has 1 fully saturated rings. The lowest BCUT2D eigenvalue weighted by atomic mass is 9.78. The molecule has 1 nitrogen and oxygen atoms in total. The molecule has 1 aliphatic rings. The largest absolute Gasteiger partial charge is 0.494 e. The zero-order chi connectivity index (χ0) is 23.1. The summed E-state index contributed by atoms with van der Waals surface area (Å²) in [6.45, 7) is 5.31. The molecule has 3 rings (SSSR count). The molecule has 0 amide bonds. The molecular weight excluding hydrogens is 400 g/mol. The minimum Gasteiger partial charge on any atom is -0.494 e. The van der Waals surface area contributed by atoms with Crippen molar-refractivity contribution in [3.05, 3.63) is 65.2 Å². The lowest BCUT2D eigenvalue weighted by Gasteiger charge is -2.28. The smallest absolute Gasteiger partial charge is 0.119 e. The van der Waals surface area contributed by atoms with Crippen molar-refractivity contribution in [3.8, 4) is 17.6 Å². The monoisotopic (exact) mass is 444 g/mol. The number of aryl methyl sites for hydroxylation is 1. The van der Waals surface area contributed by atoms with Gasteiger partial charge < -0.3 is 4.74 Å². The van der Waals surface area contributed by atoms with E-state index in [1.54, 1.807) is 0 Å². The first kappa shape index (κ1) is 25.4.